The molecule has 1 aliphatic rings. The van der Waals surface area contributed by atoms with E-state index in [1.54, 1.807) is 22.1 Å². The zero-order chi connectivity index (χ0) is 18.4. The van der Waals surface area contributed by atoms with E-state index in [9.17, 15) is 8.78 Å². The van der Waals surface area contributed by atoms with Gasteiger partial charge in [0, 0.05) is 23.2 Å². The van der Waals surface area contributed by atoms with Gasteiger partial charge < -0.3 is 5.32 Å². The molecule has 2 atom stereocenters. The second-order valence-electron chi connectivity index (χ2n) is 6.80. The van der Waals surface area contributed by atoms with E-state index in [0.29, 0.717) is 6.54 Å². The minimum atomic E-state index is -0.804. The SMILES string of the molecule is Fc1ccc([C@@H]2C[C@H]2NCc2cn(-c3ccc4sccc4c3)nn2)cc1F. The van der Waals surface area contributed by atoms with E-state index in [4.69, 9.17) is 0 Å². The highest BCUT2D eigenvalue weighted by Crippen LogP contribution is 2.41. The molecule has 1 N–H and O–H groups in total. The van der Waals surface area contributed by atoms with Gasteiger partial charge in [-0.1, -0.05) is 11.3 Å². The third kappa shape index (κ3) is 3.24. The first kappa shape index (κ1) is 16.5. The minimum Gasteiger partial charge on any atom is -0.308 e. The summed E-state index contributed by atoms with van der Waals surface area (Å²) in [5.41, 5.74) is 2.65. The fourth-order valence-electron chi connectivity index (χ4n) is 3.37. The molecule has 1 fully saturated rings. The molecule has 27 heavy (non-hydrogen) atoms. The molecule has 0 spiro atoms. The maximum Gasteiger partial charge on any atom is 0.159 e. The van der Waals surface area contributed by atoms with Crippen LogP contribution in [0.25, 0.3) is 15.8 Å². The normalized spacial score (nSPS) is 18.9. The molecule has 0 aliphatic heterocycles. The molecule has 2 aromatic heterocycles. The lowest BCUT2D eigenvalue weighted by Crippen LogP contribution is -2.17. The first-order valence-corrected chi connectivity index (χ1v) is 9.62. The van der Waals surface area contributed by atoms with Crippen LogP contribution in [0.1, 0.15) is 23.6 Å². The Morgan fingerprint density at radius 2 is 2.04 bits per heavy atom. The Balaban J connectivity index is 1.23. The smallest absolute Gasteiger partial charge is 0.159 e. The van der Waals surface area contributed by atoms with Gasteiger partial charge in [-0.05, 0) is 59.1 Å². The van der Waals surface area contributed by atoms with Crippen molar-refractivity contribution in [2.75, 3.05) is 0 Å². The third-order valence-corrected chi connectivity index (χ3v) is 5.85. The molecule has 2 heterocycles. The second-order valence-corrected chi connectivity index (χ2v) is 7.75. The molecule has 0 saturated heterocycles. The van der Waals surface area contributed by atoms with E-state index in [0.717, 1.165) is 23.4 Å². The van der Waals surface area contributed by atoms with Crippen LogP contribution in [0.4, 0.5) is 8.78 Å². The van der Waals surface area contributed by atoms with Crippen molar-refractivity contribution in [3.63, 3.8) is 0 Å². The number of hydrogen-bond donors (Lipinski definition) is 1. The van der Waals surface area contributed by atoms with Crippen LogP contribution in [0.3, 0.4) is 0 Å². The molecular weight excluding hydrogens is 366 g/mol. The van der Waals surface area contributed by atoms with Crippen LogP contribution < -0.4 is 5.32 Å². The number of aromatic nitrogens is 3. The highest BCUT2D eigenvalue weighted by molar-refractivity contribution is 7.17. The van der Waals surface area contributed by atoms with Crippen LogP contribution in [0, 0.1) is 11.6 Å². The fourth-order valence-corrected chi connectivity index (χ4v) is 4.14. The van der Waals surface area contributed by atoms with Crippen LogP contribution in [0.5, 0.6) is 0 Å². The van der Waals surface area contributed by atoms with Crippen molar-refractivity contribution in [1.82, 2.24) is 20.3 Å². The summed E-state index contributed by atoms with van der Waals surface area (Å²) >= 11 is 1.72. The quantitative estimate of drug-likeness (QED) is 0.556. The summed E-state index contributed by atoms with van der Waals surface area (Å²) in [6.45, 7) is 0.589. The number of thiophene rings is 1. The van der Waals surface area contributed by atoms with E-state index in [2.05, 4.69) is 39.2 Å². The van der Waals surface area contributed by atoms with E-state index in [1.165, 1.54) is 22.2 Å². The number of halogens is 2. The van der Waals surface area contributed by atoms with Crippen molar-refractivity contribution >= 4 is 21.4 Å². The van der Waals surface area contributed by atoms with Crippen molar-refractivity contribution in [2.24, 2.45) is 0 Å². The maximum atomic E-state index is 13.4. The molecule has 1 saturated carbocycles. The van der Waals surface area contributed by atoms with Crippen LogP contribution in [0.2, 0.25) is 0 Å². The molecule has 0 unspecified atom stereocenters. The summed E-state index contributed by atoms with van der Waals surface area (Å²) in [6, 6.07) is 12.7. The Morgan fingerprint density at radius 1 is 1.11 bits per heavy atom. The number of nitrogens with one attached hydrogen (secondary N) is 1. The summed E-state index contributed by atoms with van der Waals surface area (Å²) in [7, 11) is 0. The van der Waals surface area contributed by atoms with Crippen LogP contribution >= 0.6 is 11.3 Å². The fraction of sp³-hybridized carbons (Fsp3) is 0.200. The number of benzene rings is 2. The van der Waals surface area contributed by atoms with Gasteiger partial charge in [0.05, 0.1) is 17.6 Å². The molecule has 0 amide bonds. The first-order valence-electron chi connectivity index (χ1n) is 8.74. The molecular formula is C20H16F2N4S. The molecule has 0 radical (unpaired) electrons. The molecule has 4 aromatic rings. The van der Waals surface area contributed by atoms with Gasteiger partial charge >= 0.3 is 0 Å². The standard InChI is InChI=1S/C20H16F2N4S/c21-17-3-1-12(8-18(17)22)16-9-19(16)23-10-14-11-26(25-24-14)15-2-4-20-13(7-15)5-6-27-20/h1-8,11,16,19,23H,9-10H2/t16-,19+/m0/s1. The Bertz CT molecular complexity index is 1120. The highest BCUT2D eigenvalue weighted by Gasteiger charge is 2.38. The van der Waals surface area contributed by atoms with Crippen LogP contribution in [-0.2, 0) is 6.54 Å². The van der Waals surface area contributed by atoms with Crippen molar-refractivity contribution < 1.29 is 8.78 Å². The summed E-state index contributed by atoms with van der Waals surface area (Å²) in [4.78, 5) is 0. The van der Waals surface area contributed by atoms with Gasteiger partial charge in [-0.15, -0.1) is 16.4 Å². The van der Waals surface area contributed by atoms with Gasteiger partial charge in [0.1, 0.15) is 0 Å². The zero-order valence-corrected chi connectivity index (χ0v) is 15.1. The Morgan fingerprint density at radius 3 is 2.93 bits per heavy atom. The molecule has 2 aromatic carbocycles. The third-order valence-electron chi connectivity index (χ3n) is 4.95. The number of hydrogen-bond acceptors (Lipinski definition) is 4. The van der Waals surface area contributed by atoms with Crippen LogP contribution in [0.15, 0.2) is 54.0 Å². The van der Waals surface area contributed by atoms with Crippen LogP contribution in [-0.4, -0.2) is 21.0 Å². The molecule has 5 rings (SSSR count). The predicted molar refractivity (Wildman–Crippen MR) is 101 cm³/mol. The number of rotatable bonds is 5. The maximum absolute atomic E-state index is 13.4. The van der Waals surface area contributed by atoms with Gasteiger partial charge in [-0.25, -0.2) is 13.5 Å². The molecule has 7 heteroatoms. The van der Waals surface area contributed by atoms with Crippen molar-refractivity contribution in [3.05, 3.63) is 76.9 Å². The predicted octanol–water partition coefficient (Wildman–Crippen LogP) is 4.41. The minimum absolute atomic E-state index is 0.219. The number of fused-ring (bicyclic) bond motifs is 1. The molecule has 1 aliphatic carbocycles. The van der Waals surface area contributed by atoms with E-state index < -0.39 is 11.6 Å². The Hall–Kier alpha value is -2.64. The summed E-state index contributed by atoms with van der Waals surface area (Å²) < 4.78 is 29.4. The van der Waals surface area contributed by atoms with E-state index in [-0.39, 0.29) is 12.0 Å². The van der Waals surface area contributed by atoms with Gasteiger partial charge in [-0.2, -0.15) is 0 Å². The lowest BCUT2D eigenvalue weighted by Gasteiger charge is -2.03. The zero-order valence-electron chi connectivity index (χ0n) is 14.3. The Labute approximate surface area is 158 Å². The lowest BCUT2D eigenvalue weighted by molar-refractivity contribution is 0.506. The first-order chi connectivity index (χ1) is 13.2. The monoisotopic (exact) mass is 382 g/mol. The van der Waals surface area contributed by atoms with Gasteiger partial charge in [0.2, 0.25) is 0 Å². The topological polar surface area (TPSA) is 42.7 Å². The lowest BCUT2D eigenvalue weighted by atomic mass is 10.1. The van der Waals surface area contributed by atoms with Gasteiger partial charge in [0.25, 0.3) is 0 Å². The molecule has 136 valence electrons. The molecule has 0 bridgehead atoms. The average molecular weight is 382 g/mol. The van der Waals surface area contributed by atoms with Crippen molar-refractivity contribution in [3.8, 4) is 5.69 Å². The Kier molecular flexibility index (Phi) is 3.98. The van der Waals surface area contributed by atoms with Gasteiger partial charge in [0.15, 0.2) is 11.6 Å². The van der Waals surface area contributed by atoms with E-state index in [1.807, 2.05) is 12.3 Å². The summed E-state index contributed by atoms with van der Waals surface area (Å²) in [6.07, 6.45) is 2.82. The van der Waals surface area contributed by atoms with Crippen molar-refractivity contribution in [2.45, 2.75) is 24.9 Å². The molecule has 4 nitrogen and oxygen atoms in total. The largest absolute Gasteiger partial charge is 0.308 e. The summed E-state index contributed by atoms with van der Waals surface area (Å²) in [5.74, 6) is -1.37. The van der Waals surface area contributed by atoms with Crippen molar-refractivity contribution in [1.29, 1.82) is 0 Å². The average Bonchev–Trinajstić information content (AvgIpc) is 3.07. The highest BCUT2D eigenvalue weighted by atomic mass is 32.1. The number of nitrogens with zero attached hydrogens (tertiary/aromatic N) is 3. The second kappa shape index (κ2) is 6.51. The van der Waals surface area contributed by atoms with Gasteiger partial charge in [-0.3, -0.25) is 0 Å². The van der Waals surface area contributed by atoms with E-state index >= 15 is 0 Å². The summed E-state index contributed by atoms with van der Waals surface area (Å²) in [5, 5.41) is 15.1.